The van der Waals surface area contributed by atoms with E-state index >= 15 is 0 Å². The molecule has 0 fully saturated rings. The average Bonchev–Trinajstić information content (AvgIpc) is 2.32. The highest BCUT2D eigenvalue weighted by atomic mass is 35.5. The lowest BCUT2D eigenvalue weighted by Gasteiger charge is -2.14. The molecule has 0 aliphatic rings. The van der Waals surface area contributed by atoms with E-state index in [1.165, 1.54) is 18.2 Å². The highest BCUT2D eigenvalue weighted by Gasteiger charge is 2.17. The van der Waals surface area contributed by atoms with Crippen LogP contribution < -0.4 is 10.5 Å². The quantitative estimate of drug-likeness (QED) is 0.598. The van der Waals surface area contributed by atoms with E-state index < -0.39 is 10.0 Å². The zero-order chi connectivity index (χ0) is 14.5. The number of anilines is 1. The first-order valence-electron chi connectivity index (χ1n) is 6.02. The summed E-state index contributed by atoms with van der Waals surface area (Å²) in [4.78, 5) is 0.143. The average molecular weight is 323 g/mol. The number of thioether (sulfide) groups is 1. The molecule has 1 rings (SSSR count). The van der Waals surface area contributed by atoms with Crippen LogP contribution in [-0.2, 0) is 10.0 Å². The number of benzene rings is 1. The van der Waals surface area contributed by atoms with E-state index in [4.69, 9.17) is 17.3 Å². The van der Waals surface area contributed by atoms with Crippen molar-refractivity contribution in [1.82, 2.24) is 4.72 Å². The van der Waals surface area contributed by atoms with Crippen LogP contribution in [0.2, 0.25) is 5.02 Å². The molecule has 0 aromatic heterocycles. The van der Waals surface area contributed by atoms with Crippen molar-refractivity contribution in [3.05, 3.63) is 23.2 Å². The summed E-state index contributed by atoms with van der Waals surface area (Å²) in [6, 6.07) is 4.21. The van der Waals surface area contributed by atoms with Gasteiger partial charge in [0.2, 0.25) is 10.0 Å². The van der Waals surface area contributed by atoms with Gasteiger partial charge in [0.15, 0.2) is 0 Å². The summed E-state index contributed by atoms with van der Waals surface area (Å²) in [5, 5.41) is 0.353. The number of nitrogens with two attached hydrogens (primary N) is 1. The lowest BCUT2D eigenvalue weighted by molar-refractivity contribution is 0.557. The van der Waals surface area contributed by atoms with Crippen LogP contribution in [0.25, 0.3) is 0 Å². The Morgan fingerprint density at radius 2 is 2.16 bits per heavy atom. The van der Waals surface area contributed by atoms with Crippen LogP contribution in [0.3, 0.4) is 0 Å². The fourth-order valence-electron chi connectivity index (χ4n) is 1.49. The summed E-state index contributed by atoms with van der Waals surface area (Å²) < 4.78 is 26.9. The molecule has 0 heterocycles. The van der Waals surface area contributed by atoms with Crippen molar-refractivity contribution in [2.75, 3.05) is 17.2 Å². The fraction of sp³-hybridized carbons (Fsp3) is 0.500. The van der Waals surface area contributed by atoms with Crippen LogP contribution in [0.1, 0.15) is 20.3 Å². The van der Waals surface area contributed by atoms with Gasteiger partial charge in [-0.3, -0.25) is 0 Å². The molecule has 0 aliphatic carbocycles. The largest absolute Gasteiger partial charge is 0.397 e. The molecule has 0 saturated carbocycles. The lowest BCUT2D eigenvalue weighted by atomic mass is 10.3. The zero-order valence-electron chi connectivity index (χ0n) is 11.0. The van der Waals surface area contributed by atoms with Gasteiger partial charge in [-0.05, 0) is 43.0 Å². The van der Waals surface area contributed by atoms with Crippen LogP contribution in [0.5, 0.6) is 0 Å². The molecule has 1 aromatic carbocycles. The van der Waals surface area contributed by atoms with Gasteiger partial charge in [0.25, 0.3) is 0 Å². The number of nitrogen functional groups attached to an aromatic ring is 1. The second-order valence-electron chi connectivity index (χ2n) is 4.19. The number of halogens is 1. The van der Waals surface area contributed by atoms with Crippen LogP contribution in [0.15, 0.2) is 23.1 Å². The molecule has 1 aromatic rings. The Bertz CT molecular complexity index is 520. The van der Waals surface area contributed by atoms with Crippen molar-refractivity contribution >= 4 is 39.1 Å². The molecule has 0 spiro atoms. The normalized spacial score (nSPS) is 13.4. The molecule has 0 radical (unpaired) electrons. The van der Waals surface area contributed by atoms with E-state index in [0.29, 0.717) is 5.02 Å². The zero-order valence-corrected chi connectivity index (χ0v) is 13.4. The Kier molecular flexibility index (Phi) is 6.46. The molecule has 0 bridgehead atoms. The monoisotopic (exact) mass is 322 g/mol. The highest BCUT2D eigenvalue weighted by Crippen LogP contribution is 2.22. The van der Waals surface area contributed by atoms with E-state index in [0.717, 1.165) is 17.9 Å². The molecule has 0 saturated heterocycles. The summed E-state index contributed by atoms with van der Waals surface area (Å²) >= 11 is 7.57. The minimum absolute atomic E-state index is 0.110. The van der Waals surface area contributed by atoms with Gasteiger partial charge in [0.1, 0.15) is 0 Å². The maximum atomic E-state index is 12.1. The Labute approximate surface area is 124 Å². The van der Waals surface area contributed by atoms with Gasteiger partial charge in [-0.15, -0.1) is 0 Å². The van der Waals surface area contributed by atoms with E-state index in [2.05, 4.69) is 11.6 Å². The smallest absolute Gasteiger partial charge is 0.240 e. The molecule has 108 valence electrons. The molecule has 7 heteroatoms. The first kappa shape index (κ1) is 16.6. The second-order valence-corrected chi connectivity index (χ2v) is 7.71. The third-order valence-electron chi connectivity index (χ3n) is 2.53. The molecule has 4 nitrogen and oxygen atoms in total. The second kappa shape index (κ2) is 7.38. The molecular formula is C12H19ClN2O2S2. The number of hydrogen-bond acceptors (Lipinski definition) is 4. The summed E-state index contributed by atoms with van der Waals surface area (Å²) in [5.41, 5.74) is 5.88. The fourth-order valence-corrected chi connectivity index (χ4v) is 3.72. The van der Waals surface area contributed by atoms with Gasteiger partial charge in [-0.25, -0.2) is 13.1 Å². The summed E-state index contributed by atoms with van der Waals surface area (Å²) in [6.45, 7) is 3.93. The van der Waals surface area contributed by atoms with E-state index in [9.17, 15) is 8.42 Å². The van der Waals surface area contributed by atoms with Gasteiger partial charge in [-0.1, -0.05) is 18.5 Å². The number of hydrogen-bond donors (Lipinski definition) is 2. The molecule has 1 unspecified atom stereocenters. The Morgan fingerprint density at radius 3 is 2.74 bits per heavy atom. The number of sulfonamides is 1. The molecular weight excluding hydrogens is 304 g/mol. The molecule has 0 amide bonds. The van der Waals surface area contributed by atoms with Gasteiger partial charge in [-0.2, -0.15) is 11.8 Å². The van der Waals surface area contributed by atoms with E-state index in [1.54, 1.807) is 11.8 Å². The van der Waals surface area contributed by atoms with Crippen molar-refractivity contribution in [2.24, 2.45) is 0 Å². The van der Waals surface area contributed by atoms with Gasteiger partial charge < -0.3 is 5.73 Å². The summed E-state index contributed by atoms with van der Waals surface area (Å²) in [7, 11) is -3.53. The summed E-state index contributed by atoms with van der Waals surface area (Å²) in [6.07, 6.45) is 0.792. The van der Waals surface area contributed by atoms with E-state index in [1.807, 2.05) is 6.92 Å². The standard InChI is InChI=1S/C12H19ClN2O2S2/c1-3-18-7-6-9(2)15-19(16,17)10-4-5-11(13)12(14)8-10/h4-5,8-9,15H,3,6-7,14H2,1-2H3. The molecule has 3 N–H and O–H groups in total. The van der Waals surface area contributed by atoms with Crippen molar-refractivity contribution < 1.29 is 8.42 Å². The van der Waals surface area contributed by atoms with Crippen molar-refractivity contribution in [3.63, 3.8) is 0 Å². The predicted molar refractivity (Wildman–Crippen MR) is 83.3 cm³/mol. The van der Waals surface area contributed by atoms with Crippen LogP contribution in [0, 0.1) is 0 Å². The SMILES string of the molecule is CCSCCC(C)NS(=O)(=O)c1ccc(Cl)c(N)c1. The van der Waals surface area contributed by atoms with Gasteiger partial charge in [0.05, 0.1) is 15.6 Å². The van der Waals surface area contributed by atoms with E-state index in [-0.39, 0.29) is 16.6 Å². The first-order valence-corrected chi connectivity index (χ1v) is 9.03. The van der Waals surface area contributed by atoms with Crippen molar-refractivity contribution in [1.29, 1.82) is 0 Å². The number of rotatable bonds is 7. The highest BCUT2D eigenvalue weighted by molar-refractivity contribution is 7.99. The molecule has 0 aliphatic heterocycles. The predicted octanol–water partition coefficient (Wildman–Crippen LogP) is 2.73. The third kappa shape index (κ3) is 5.22. The Morgan fingerprint density at radius 1 is 1.47 bits per heavy atom. The van der Waals surface area contributed by atoms with Crippen molar-refractivity contribution in [3.8, 4) is 0 Å². The molecule has 19 heavy (non-hydrogen) atoms. The summed E-state index contributed by atoms with van der Waals surface area (Å²) in [5.74, 6) is 1.97. The topological polar surface area (TPSA) is 72.2 Å². The minimum atomic E-state index is -3.53. The lowest BCUT2D eigenvalue weighted by Crippen LogP contribution is -2.33. The Balaban J connectivity index is 2.72. The van der Waals surface area contributed by atoms with Crippen LogP contribution >= 0.6 is 23.4 Å². The maximum Gasteiger partial charge on any atom is 0.240 e. The number of nitrogens with one attached hydrogen (secondary N) is 1. The van der Waals surface area contributed by atoms with Crippen molar-refractivity contribution in [2.45, 2.75) is 31.2 Å². The minimum Gasteiger partial charge on any atom is -0.397 e. The maximum absolute atomic E-state index is 12.1. The van der Waals surface area contributed by atoms with Crippen LogP contribution in [0.4, 0.5) is 5.69 Å². The van der Waals surface area contributed by atoms with Crippen LogP contribution in [-0.4, -0.2) is 26.0 Å². The van der Waals surface area contributed by atoms with Gasteiger partial charge >= 0.3 is 0 Å². The third-order valence-corrected chi connectivity index (χ3v) is 5.40. The Hall–Kier alpha value is -0.430. The molecule has 1 atom stereocenters. The van der Waals surface area contributed by atoms with Gasteiger partial charge in [0, 0.05) is 6.04 Å². The first-order chi connectivity index (χ1) is 8.86.